The number of nitrogens with zero attached hydrogens (tertiary/aromatic N) is 5. The fraction of sp³-hybridized carbons (Fsp3) is 0.524. The van der Waals surface area contributed by atoms with Crippen LogP contribution in [0.25, 0.3) is 5.65 Å². The zero-order valence-corrected chi connectivity index (χ0v) is 16.6. The number of alkyl halides is 2. The third kappa shape index (κ3) is 3.93. The van der Waals surface area contributed by atoms with E-state index in [1.165, 1.54) is 10.7 Å². The lowest BCUT2D eigenvalue weighted by molar-refractivity contribution is 0.0992. The van der Waals surface area contributed by atoms with Gasteiger partial charge < -0.3 is 0 Å². The van der Waals surface area contributed by atoms with Crippen molar-refractivity contribution in [3.05, 3.63) is 47.7 Å². The van der Waals surface area contributed by atoms with E-state index in [1.54, 1.807) is 29.3 Å². The maximum Gasteiger partial charge on any atom is 0.282 e. The number of hydrogen-bond donors (Lipinski definition) is 0. The Morgan fingerprint density at radius 2 is 2.00 bits per heavy atom. The maximum absolute atomic E-state index is 13.6. The lowest BCUT2D eigenvalue weighted by atomic mass is 9.80. The first-order valence-electron chi connectivity index (χ1n) is 10.1. The Morgan fingerprint density at radius 3 is 2.69 bits per heavy atom. The highest BCUT2D eigenvalue weighted by Gasteiger charge is 2.28. The summed E-state index contributed by atoms with van der Waals surface area (Å²) >= 11 is 0. The van der Waals surface area contributed by atoms with E-state index < -0.39 is 6.43 Å². The minimum Gasteiger partial charge on any atom is -0.294 e. The highest BCUT2D eigenvalue weighted by atomic mass is 19.3. The van der Waals surface area contributed by atoms with Crippen LogP contribution in [0.3, 0.4) is 0 Å². The molecular formula is C21H25F2N5O. The van der Waals surface area contributed by atoms with Crippen molar-refractivity contribution in [2.45, 2.75) is 58.4 Å². The number of halogens is 2. The first-order chi connectivity index (χ1) is 13.9. The van der Waals surface area contributed by atoms with Gasteiger partial charge in [-0.15, -0.1) is 0 Å². The van der Waals surface area contributed by atoms with Gasteiger partial charge in [0, 0.05) is 30.6 Å². The van der Waals surface area contributed by atoms with Crippen LogP contribution in [0.5, 0.6) is 0 Å². The second-order valence-corrected chi connectivity index (χ2v) is 8.18. The van der Waals surface area contributed by atoms with Crippen molar-refractivity contribution in [3.8, 4) is 0 Å². The molecule has 0 aromatic carbocycles. The van der Waals surface area contributed by atoms with E-state index in [2.05, 4.69) is 29.0 Å². The minimum absolute atomic E-state index is 0.116. The Morgan fingerprint density at radius 1 is 1.24 bits per heavy atom. The maximum atomic E-state index is 13.6. The van der Waals surface area contributed by atoms with Gasteiger partial charge in [-0.3, -0.25) is 9.48 Å². The molecule has 6 nitrogen and oxygen atoms in total. The van der Waals surface area contributed by atoms with Crippen molar-refractivity contribution < 1.29 is 13.6 Å². The summed E-state index contributed by atoms with van der Waals surface area (Å²) < 4.78 is 30.4. The molecule has 0 radical (unpaired) electrons. The van der Waals surface area contributed by atoms with Gasteiger partial charge in [-0.2, -0.15) is 10.2 Å². The number of carbonyl (C=O) groups is 1. The van der Waals surface area contributed by atoms with E-state index in [4.69, 9.17) is 0 Å². The fourth-order valence-corrected chi connectivity index (χ4v) is 4.28. The topological polar surface area (TPSA) is 65.1 Å². The van der Waals surface area contributed by atoms with E-state index in [0.29, 0.717) is 23.0 Å². The average Bonchev–Trinajstić information content (AvgIpc) is 3.32. The number of rotatable bonds is 6. The van der Waals surface area contributed by atoms with Crippen LogP contribution in [0.4, 0.5) is 8.78 Å². The third-order valence-electron chi connectivity index (χ3n) is 6.04. The van der Waals surface area contributed by atoms with Gasteiger partial charge in [0.15, 0.2) is 11.4 Å². The normalized spacial score (nSPS) is 20.1. The Bertz CT molecular complexity index is 1000. The third-order valence-corrected chi connectivity index (χ3v) is 6.04. The Hall–Kier alpha value is -2.64. The van der Waals surface area contributed by atoms with Crippen molar-refractivity contribution in [1.82, 2.24) is 24.4 Å². The molecule has 29 heavy (non-hydrogen) atoms. The van der Waals surface area contributed by atoms with Crippen molar-refractivity contribution in [3.63, 3.8) is 0 Å². The van der Waals surface area contributed by atoms with Gasteiger partial charge in [-0.05, 0) is 43.6 Å². The molecule has 0 saturated heterocycles. The molecule has 1 aliphatic rings. The highest BCUT2D eigenvalue weighted by Crippen LogP contribution is 2.36. The molecule has 0 atom stereocenters. The van der Waals surface area contributed by atoms with Crippen LogP contribution in [-0.2, 0) is 6.42 Å². The van der Waals surface area contributed by atoms with E-state index in [0.717, 1.165) is 25.7 Å². The second-order valence-electron chi connectivity index (χ2n) is 8.18. The molecule has 154 valence electrons. The first-order valence-corrected chi connectivity index (χ1v) is 10.1. The fourth-order valence-electron chi connectivity index (χ4n) is 4.28. The van der Waals surface area contributed by atoms with Gasteiger partial charge in [0.2, 0.25) is 0 Å². The smallest absolute Gasteiger partial charge is 0.282 e. The SMILES string of the molecule is CC(C)C1CCC(n2cc(CC(=O)c3cnn4cccnc34)c(C(F)F)n2)CC1. The largest absolute Gasteiger partial charge is 0.294 e. The molecule has 0 bridgehead atoms. The predicted molar refractivity (Wildman–Crippen MR) is 104 cm³/mol. The molecule has 0 spiro atoms. The van der Waals surface area contributed by atoms with Gasteiger partial charge in [0.25, 0.3) is 6.43 Å². The monoisotopic (exact) mass is 401 g/mol. The Balaban J connectivity index is 1.55. The molecule has 0 aliphatic heterocycles. The number of carbonyl (C=O) groups excluding carboxylic acids is 1. The summed E-state index contributed by atoms with van der Waals surface area (Å²) in [6.45, 7) is 4.46. The average molecular weight is 401 g/mol. The summed E-state index contributed by atoms with van der Waals surface area (Å²) in [5, 5.41) is 8.28. The zero-order chi connectivity index (χ0) is 20.5. The summed E-state index contributed by atoms with van der Waals surface area (Å²) in [6, 6.07) is 1.83. The van der Waals surface area contributed by atoms with Crippen LogP contribution < -0.4 is 0 Å². The number of Topliss-reactive ketones (excluding diaryl/α,β-unsaturated/α-hetero) is 1. The molecule has 3 aromatic heterocycles. The molecule has 0 unspecified atom stereocenters. The number of ketones is 1. The lowest BCUT2D eigenvalue weighted by Crippen LogP contribution is -2.21. The van der Waals surface area contributed by atoms with Crippen LogP contribution >= 0.6 is 0 Å². The molecule has 0 amide bonds. The lowest BCUT2D eigenvalue weighted by Gasteiger charge is -2.30. The Kier molecular flexibility index (Phi) is 5.43. The quantitative estimate of drug-likeness (QED) is 0.563. The van der Waals surface area contributed by atoms with E-state index in [9.17, 15) is 13.6 Å². The molecule has 0 N–H and O–H groups in total. The summed E-state index contributed by atoms with van der Waals surface area (Å²) in [5.41, 5.74) is 0.742. The van der Waals surface area contributed by atoms with Crippen LogP contribution in [0.15, 0.2) is 30.9 Å². The molecule has 1 fully saturated rings. The van der Waals surface area contributed by atoms with E-state index >= 15 is 0 Å². The zero-order valence-electron chi connectivity index (χ0n) is 16.6. The first kappa shape index (κ1) is 19.7. The van der Waals surface area contributed by atoms with Crippen LogP contribution in [0, 0.1) is 11.8 Å². The van der Waals surface area contributed by atoms with Gasteiger partial charge in [0.05, 0.1) is 17.8 Å². The van der Waals surface area contributed by atoms with Crippen molar-refractivity contribution in [2.75, 3.05) is 0 Å². The van der Waals surface area contributed by atoms with E-state index in [-0.39, 0.29) is 29.5 Å². The predicted octanol–water partition coefficient (Wildman–Crippen LogP) is 4.68. The van der Waals surface area contributed by atoms with Crippen LogP contribution in [-0.4, -0.2) is 30.2 Å². The Labute approximate surface area is 167 Å². The van der Waals surface area contributed by atoms with Crippen LogP contribution in [0.2, 0.25) is 0 Å². The number of hydrogen-bond acceptors (Lipinski definition) is 4. The van der Waals surface area contributed by atoms with Gasteiger partial charge in [0.1, 0.15) is 5.69 Å². The minimum atomic E-state index is -2.71. The summed E-state index contributed by atoms with van der Waals surface area (Å²) in [7, 11) is 0. The summed E-state index contributed by atoms with van der Waals surface area (Å²) in [5.74, 6) is 1.03. The van der Waals surface area contributed by atoms with Gasteiger partial charge in [-0.1, -0.05) is 13.8 Å². The molecule has 1 aliphatic carbocycles. The molecular weight excluding hydrogens is 376 g/mol. The number of aromatic nitrogens is 5. The highest BCUT2D eigenvalue weighted by molar-refractivity contribution is 6.02. The van der Waals surface area contributed by atoms with Crippen LogP contribution in [0.1, 0.15) is 73.6 Å². The number of fused-ring (bicyclic) bond motifs is 1. The van der Waals surface area contributed by atoms with E-state index in [1.807, 2.05) is 0 Å². The standard InChI is InChI=1S/C21H25F2N5O/c1-13(2)14-4-6-16(7-5-14)28-12-15(19(26-28)20(22)23)10-18(29)17-11-25-27-9-3-8-24-21(17)27/h3,8-9,11-14,16,20H,4-7,10H2,1-2H3. The summed E-state index contributed by atoms with van der Waals surface area (Å²) in [4.78, 5) is 17.0. The molecule has 8 heteroatoms. The van der Waals surface area contributed by atoms with Crippen molar-refractivity contribution in [2.24, 2.45) is 11.8 Å². The summed E-state index contributed by atoms with van der Waals surface area (Å²) in [6.07, 6.45) is 7.50. The molecule has 4 rings (SSSR count). The van der Waals surface area contributed by atoms with Gasteiger partial charge in [-0.25, -0.2) is 18.3 Å². The van der Waals surface area contributed by atoms with Crippen molar-refractivity contribution >= 4 is 11.4 Å². The van der Waals surface area contributed by atoms with Gasteiger partial charge >= 0.3 is 0 Å². The second kappa shape index (κ2) is 8.00. The molecule has 1 saturated carbocycles. The van der Waals surface area contributed by atoms with Crippen molar-refractivity contribution in [1.29, 1.82) is 0 Å². The molecule has 3 aromatic rings. The molecule has 3 heterocycles.